The second kappa shape index (κ2) is 5.60. The summed E-state index contributed by atoms with van der Waals surface area (Å²) in [6.07, 6.45) is 2.35. The Hall–Kier alpha value is -0.920. The second-order valence-electron chi connectivity index (χ2n) is 4.88. The molecule has 0 radical (unpaired) electrons. The van der Waals surface area contributed by atoms with Crippen molar-refractivity contribution in [1.82, 2.24) is 19.8 Å². The standard InChI is InChI=1S/C12H22N4O2S/c1-4-16(5-2)19(17,18)12-11(9(3)14-15-12)8-13-10-6-7-10/h10,13H,4-8H2,1-3H3,(H,14,15). The molecule has 0 saturated heterocycles. The van der Waals surface area contributed by atoms with Crippen molar-refractivity contribution in [2.75, 3.05) is 13.1 Å². The van der Waals surface area contributed by atoms with Crippen LogP contribution in [0.5, 0.6) is 0 Å². The molecule has 1 aromatic rings. The van der Waals surface area contributed by atoms with Crippen LogP contribution in [-0.2, 0) is 16.6 Å². The number of H-pyrrole nitrogens is 1. The van der Waals surface area contributed by atoms with E-state index in [-0.39, 0.29) is 5.03 Å². The van der Waals surface area contributed by atoms with E-state index in [0.29, 0.717) is 25.7 Å². The summed E-state index contributed by atoms with van der Waals surface area (Å²) in [5.41, 5.74) is 1.58. The highest BCUT2D eigenvalue weighted by Gasteiger charge is 2.29. The van der Waals surface area contributed by atoms with Crippen LogP contribution in [0.2, 0.25) is 0 Å². The van der Waals surface area contributed by atoms with Crippen LogP contribution in [0.4, 0.5) is 0 Å². The van der Waals surface area contributed by atoms with E-state index < -0.39 is 10.0 Å². The third kappa shape index (κ3) is 2.98. The number of aryl methyl sites for hydroxylation is 1. The minimum absolute atomic E-state index is 0.168. The van der Waals surface area contributed by atoms with Crippen LogP contribution < -0.4 is 5.32 Å². The summed E-state index contributed by atoms with van der Waals surface area (Å²) < 4.78 is 26.4. The Labute approximate surface area is 114 Å². The minimum atomic E-state index is -3.49. The van der Waals surface area contributed by atoms with Gasteiger partial charge in [-0.15, -0.1) is 0 Å². The van der Waals surface area contributed by atoms with Crippen LogP contribution in [0, 0.1) is 6.92 Å². The van der Waals surface area contributed by atoms with E-state index in [2.05, 4.69) is 15.5 Å². The molecule has 6 nitrogen and oxygen atoms in total. The molecule has 0 unspecified atom stereocenters. The van der Waals surface area contributed by atoms with Crippen molar-refractivity contribution in [2.45, 2.75) is 51.2 Å². The lowest BCUT2D eigenvalue weighted by Crippen LogP contribution is -2.32. The molecule has 1 saturated carbocycles. The van der Waals surface area contributed by atoms with Gasteiger partial charge >= 0.3 is 0 Å². The highest BCUT2D eigenvalue weighted by atomic mass is 32.2. The molecule has 2 rings (SSSR count). The fraction of sp³-hybridized carbons (Fsp3) is 0.750. The summed E-state index contributed by atoms with van der Waals surface area (Å²) in [7, 11) is -3.49. The SMILES string of the molecule is CCN(CC)S(=O)(=O)c1n[nH]c(C)c1CNC1CC1. The molecule has 7 heteroatoms. The Bertz CT molecular complexity index is 530. The first-order valence-electron chi connectivity index (χ1n) is 6.78. The molecule has 0 aromatic carbocycles. The molecule has 19 heavy (non-hydrogen) atoms. The minimum Gasteiger partial charge on any atom is -0.310 e. The summed E-state index contributed by atoms with van der Waals surface area (Å²) in [5, 5.41) is 10.3. The van der Waals surface area contributed by atoms with Crippen molar-refractivity contribution in [3.05, 3.63) is 11.3 Å². The Kier molecular flexibility index (Phi) is 4.27. The van der Waals surface area contributed by atoms with Gasteiger partial charge in [0.1, 0.15) is 0 Å². The smallest absolute Gasteiger partial charge is 0.262 e. The molecule has 0 amide bonds. The molecule has 0 spiro atoms. The van der Waals surface area contributed by atoms with Crippen molar-refractivity contribution in [3.8, 4) is 0 Å². The molecular formula is C12H22N4O2S. The maximum absolute atomic E-state index is 12.5. The highest BCUT2D eigenvalue weighted by molar-refractivity contribution is 7.89. The number of sulfonamides is 1. The fourth-order valence-corrected chi connectivity index (χ4v) is 3.69. The summed E-state index contributed by atoms with van der Waals surface area (Å²) in [6, 6.07) is 0.540. The van der Waals surface area contributed by atoms with Gasteiger partial charge in [-0.2, -0.15) is 9.40 Å². The number of hydrogen-bond acceptors (Lipinski definition) is 4. The van der Waals surface area contributed by atoms with Gasteiger partial charge in [0.05, 0.1) is 0 Å². The van der Waals surface area contributed by atoms with E-state index in [1.165, 1.54) is 17.1 Å². The molecule has 1 aromatic heterocycles. The molecule has 108 valence electrons. The Morgan fingerprint density at radius 2 is 2.00 bits per heavy atom. The van der Waals surface area contributed by atoms with E-state index in [9.17, 15) is 8.42 Å². The van der Waals surface area contributed by atoms with Gasteiger partial charge in [-0.3, -0.25) is 5.10 Å². The highest BCUT2D eigenvalue weighted by Crippen LogP contribution is 2.23. The van der Waals surface area contributed by atoms with Gasteiger partial charge in [-0.1, -0.05) is 13.8 Å². The van der Waals surface area contributed by atoms with Gasteiger partial charge in [0, 0.05) is 36.9 Å². The number of aromatic amines is 1. The summed E-state index contributed by atoms with van der Waals surface area (Å²) in [4.78, 5) is 0. The quantitative estimate of drug-likeness (QED) is 0.784. The first-order valence-corrected chi connectivity index (χ1v) is 8.22. The predicted octanol–water partition coefficient (Wildman–Crippen LogP) is 1.00. The summed E-state index contributed by atoms with van der Waals surface area (Å²) in [6.45, 7) is 7.01. The van der Waals surface area contributed by atoms with Crippen LogP contribution in [0.3, 0.4) is 0 Å². The largest absolute Gasteiger partial charge is 0.310 e. The molecule has 0 bridgehead atoms. The first-order chi connectivity index (χ1) is 9.00. The number of nitrogens with one attached hydrogen (secondary N) is 2. The van der Waals surface area contributed by atoms with Gasteiger partial charge in [0.15, 0.2) is 5.03 Å². The van der Waals surface area contributed by atoms with E-state index in [0.717, 1.165) is 11.3 Å². The summed E-state index contributed by atoms with van der Waals surface area (Å²) >= 11 is 0. The fourth-order valence-electron chi connectivity index (χ4n) is 2.07. The number of rotatable bonds is 7. The predicted molar refractivity (Wildman–Crippen MR) is 73.3 cm³/mol. The summed E-state index contributed by atoms with van der Waals surface area (Å²) in [5.74, 6) is 0. The molecule has 1 aliphatic rings. The van der Waals surface area contributed by atoms with Crippen LogP contribution in [0.15, 0.2) is 5.03 Å². The monoisotopic (exact) mass is 286 g/mol. The normalized spacial score (nSPS) is 16.2. The second-order valence-corrected chi connectivity index (χ2v) is 6.73. The first kappa shape index (κ1) is 14.5. The average molecular weight is 286 g/mol. The molecular weight excluding hydrogens is 264 g/mol. The lowest BCUT2D eigenvalue weighted by Gasteiger charge is -2.17. The molecule has 0 atom stereocenters. The number of aromatic nitrogens is 2. The van der Waals surface area contributed by atoms with Crippen molar-refractivity contribution in [1.29, 1.82) is 0 Å². The zero-order chi connectivity index (χ0) is 14.0. The zero-order valence-corrected chi connectivity index (χ0v) is 12.5. The van der Waals surface area contributed by atoms with E-state index in [1.807, 2.05) is 20.8 Å². The maximum atomic E-state index is 12.5. The molecule has 2 N–H and O–H groups in total. The van der Waals surface area contributed by atoms with Crippen LogP contribution in [0.1, 0.15) is 37.9 Å². The van der Waals surface area contributed by atoms with Gasteiger partial charge in [0.25, 0.3) is 10.0 Å². The van der Waals surface area contributed by atoms with Gasteiger partial charge in [-0.25, -0.2) is 8.42 Å². The Balaban J connectivity index is 2.27. The van der Waals surface area contributed by atoms with Crippen LogP contribution >= 0.6 is 0 Å². The van der Waals surface area contributed by atoms with Gasteiger partial charge in [-0.05, 0) is 19.8 Å². The van der Waals surface area contributed by atoms with E-state index in [1.54, 1.807) is 0 Å². The Morgan fingerprint density at radius 3 is 2.53 bits per heavy atom. The lowest BCUT2D eigenvalue weighted by atomic mass is 10.2. The Morgan fingerprint density at radius 1 is 1.37 bits per heavy atom. The third-order valence-electron chi connectivity index (χ3n) is 3.47. The average Bonchev–Trinajstić information content (AvgIpc) is 3.11. The van der Waals surface area contributed by atoms with Gasteiger partial charge in [0.2, 0.25) is 0 Å². The molecule has 0 aliphatic heterocycles. The van der Waals surface area contributed by atoms with Crippen molar-refractivity contribution < 1.29 is 8.42 Å². The maximum Gasteiger partial charge on any atom is 0.262 e. The van der Waals surface area contributed by atoms with Crippen LogP contribution in [-0.4, -0.2) is 42.1 Å². The van der Waals surface area contributed by atoms with E-state index in [4.69, 9.17) is 0 Å². The van der Waals surface area contributed by atoms with E-state index >= 15 is 0 Å². The van der Waals surface area contributed by atoms with Crippen molar-refractivity contribution in [2.24, 2.45) is 0 Å². The third-order valence-corrected chi connectivity index (χ3v) is 5.49. The molecule has 1 aliphatic carbocycles. The topological polar surface area (TPSA) is 78.1 Å². The number of nitrogens with zero attached hydrogens (tertiary/aromatic N) is 2. The van der Waals surface area contributed by atoms with Crippen molar-refractivity contribution in [3.63, 3.8) is 0 Å². The zero-order valence-electron chi connectivity index (χ0n) is 11.7. The number of hydrogen-bond donors (Lipinski definition) is 2. The molecule has 1 heterocycles. The molecule has 1 fully saturated rings. The van der Waals surface area contributed by atoms with Gasteiger partial charge < -0.3 is 5.32 Å². The van der Waals surface area contributed by atoms with Crippen molar-refractivity contribution >= 4 is 10.0 Å². The lowest BCUT2D eigenvalue weighted by molar-refractivity contribution is 0.441. The van der Waals surface area contributed by atoms with Crippen LogP contribution in [0.25, 0.3) is 0 Å².